The second-order valence-electron chi connectivity index (χ2n) is 12.1. The number of hydrogen-bond acceptors (Lipinski definition) is 6. The summed E-state index contributed by atoms with van der Waals surface area (Å²) in [5.41, 5.74) is 1.90. The zero-order valence-corrected chi connectivity index (χ0v) is 22.4. The smallest absolute Gasteiger partial charge is 0.303 e. The zero-order valence-electron chi connectivity index (χ0n) is 22.4. The molecule has 2 aromatic rings. The van der Waals surface area contributed by atoms with Crippen LogP contribution < -0.4 is 5.56 Å². The number of oxime groups is 1. The molecule has 1 aromatic carbocycles. The molecule has 204 valence electrons. The van der Waals surface area contributed by atoms with Gasteiger partial charge in [0.1, 0.15) is 12.8 Å². The normalized spacial score (nSPS) is 31.8. The number of fused-ring (bicyclic) bond motifs is 5. The minimum absolute atomic E-state index is 0.0899. The molecule has 2 saturated carbocycles. The molecule has 1 aromatic heterocycles. The zero-order chi connectivity index (χ0) is 26.2. The van der Waals surface area contributed by atoms with Gasteiger partial charge in [-0.25, -0.2) is 4.98 Å². The second kappa shape index (κ2) is 10.8. The highest BCUT2D eigenvalue weighted by molar-refractivity contribution is 6.00. The van der Waals surface area contributed by atoms with Crippen LogP contribution in [0.15, 0.2) is 34.2 Å². The van der Waals surface area contributed by atoms with Gasteiger partial charge in [-0.1, -0.05) is 43.0 Å². The molecular formula is C30H40N4O4. The average Bonchev–Trinajstić information content (AvgIpc) is 2.90. The van der Waals surface area contributed by atoms with Crippen molar-refractivity contribution in [3.05, 3.63) is 40.3 Å². The van der Waals surface area contributed by atoms with Crippen molar-refractivity contribution in [2.24, 2.45) is 17.0 Å². The minimum atomic E-state index is -0.943. The van der Waals surface area contributed by atoms with Crippen LogP contribution in [0.2, 0.25) is 0 Å². The number of carboxylic acids is 1. The van der Waals surface area contributed by atoms with Crippen LogP contribution in [0, 0.1) is 11.8 Å². The molecule has 0 spiro atoms. The molecule has 2 saturated heterocycles. The highest BCUT2D eigenvalue weighted by Gasteiger charge is 2.45. The van der Waals surface area contributed by atoms with E-state index in [9.17, 15) is 14.7 Å². The van der Waals surface area contributed by atoms with E-state index in [-0.39, 0.29) is 30.1 Å². The number of rotatable bonds is 7. The first-order valence-corrected chi connectivity index (χ1v) is 14.6. The number of nitrogens with zero attached hydrogens (tertiary/aromatic N) is 4. The Bertz CT molecular complexity index is 1250. The molecule has 0 amide bonds. The number of aromatic nitrogens is 2. The van der Waals surface area contributed by atoms with Crippen LogP contribution >= 0.6 is 0 Å². The molecule has 4 bridgehead atoms. The highest BCUT2D eigenvalue weighted by Crippen LogP contribution is 2.47. The Labute approximate surface area is 224 Å². The van der Waals surface area contributed by atoms with Crippen molar-refractivity contribution in [1.82, 2.24) is 14.5 Å². The Morgan fingerprint density at radius 3 is 2.32 bits per heavy atom. The van der Waals surface area contributed by atoms with Crippen molar-refractivity contribution < 1.29 is 14.7 Å². The number of carboxylic acid groups (broad SMARTS) is 1. The second-order valence-corrected chi connectivity index (χ2v) is 12.1. The maximum Gasteiger partial charge on any atom is 0.303 e. The van der Waals surface area contributed by atoms with E-state index < -0.39 is 5.97 Å². The van der Waals surface area contributed by atoms with Crippen LogP contribution in [-0.4, -0.2) is 56.5 Å². The highest BCUT2D eigenvalue weighted by atomic mass is 16.6. The van der Waals surface area contributed by atoms with E-state index in [4.69, 9.17) is 4.84 Å². The van der Waals surface area contributed by atoms with Crippen LogP contribution in [0.4, 0.5) is 0 Å². The first-order valence-electron chi connectivity index (χ1n) is 14.6. The molecule has 1 N–H and O–H groups in total. The van der Waals surface area contributed by atoms with Gasteiger partial charge < -0.3 is 14.5 Å². The van der Waals surface area contributed by atoms with Crippen molar-refractivity contribution >= 4 is 22.7 Å². The fourth-order valence-corrected chi connectivity index (χ4v) is 8.38. The molecule has 4 unspecified atom stereocenters. The monoisotopic (exact) mass is 520 g/mol. The lowest BCUT2D eigenvalue weighted by Crippen LogP contribution is -2.58. The molecule has 4 aliphatic rings. The summed E-state index contributed by atoms with van der Waals surface area (Å²) in [6.45, 7) is 0. The predicted molar refractivity (Wildman–Crippen MR) is 146 cm³/mol. The Hall–Kier alpha value is -2.74. The Kier molecular flexibility index (Phi) is 7.25. The Morgan fingerprint density at radius 1 is 0.947 bits per heavy atom. The number of hydrogen-bond donors (Lipinski definition) is 1. The summed E-state index contributed by atoms with van der Waals surface area (Å²) in [6, 6.07) is 9.62. The van der Waals surface area contributed by atoms with Crippen molar-refractivity contribution in [3.8, 4) is 0 Å². The summed E-state index contributed by atoms with van der Waals surface area (Å²) in [6.07, 6.45) is 14.0. The maximum atomic E-state index is 14.1. The molecule has 0 radical (unpaired) electrons. The van der Waals surface area contributed by atoms with Crippen molar-refractivity contribution in [3.63, 3.8) is 0 Å². The standard InChI is InChI=1S/C30H40N4O4/c1-38-32-26(12-13-28(35)36)29-30(37)34(27-11-3-2-10-25(27)31-29)24-17-21-8-5-9-22(18-24)33(21)23-15-19-6-4-7-20(14-19)16-23/h2-3,10-11,19-24H,4-9,12-18H2,1H3,(H,35,36)/b32-26+/t19?,20?,21-,22?,23?,24?/m1/s1. The van der Waals surface area contributed by atoms with Gasteiger partial charge in [-0.05, 0) is 68.9 Å². The topological polar surface area (TPSA) is 97.0 Å². The molecule has 6 rings (SSSR count). The molecule has 3 heterocycles. The average molecular weight is 521 g/mol. The Balaban J connectivity index is 1.35. The predicted octanol–water partition coefficient (Wildman–Crippen LogP) is 5.14. The number of para-hydroxylation sites is 2. The van der Waals surface area contributed by atoms with Crippen LogP contribution in [0.25, 0.3) is 11.0 Å². The van der Waals surface area contributed by atoms with Crippen molar-refractivity contribution in [1.29, 1.82) is 0 Å². The molecule has 4 fully saturated rings. The van der Waals surface area contributed by atoms with Gasteiger partial charge in [-0.2, -0.15) is 0 Å². The fraction of sp³-hybridized carbons (Fsp3) is 0.667. The SMILES string of the molecule is CO/N=C(\CCC(=O)O)c1nc2ccccc2n(C2CC3CCC[C@H](C2)N3C2CC3CCCC(C3)C2)c1=O. The number of aliphatic carboxylic acids is 1. The lowest BCUT2D eigenvalue weighted by molar-refractivity contribution is -0.136. The van der Waals surface area contributed by atoms with Crippen molar-refractivity contribution in [2.45, 2.75) is 108 Å². The van der Waals surface area contributed by atoms with Crippen LogP contribution in [0.5, 0.6) is 0 Å². The maximum absolute atomic E-state index is 14.1. The van der Waals surface area contributed by atoms with Crippen LogP contribution in [0.3, 0.4) is 0 Å². The molecule has 38 heavy (non-hydrogen) atoms. The summed E-state index contributed by atoms with van der Waals surface area (Å²) in [7, 11) is 1.41. The van der Waals surface area contributed by atoms with Gasteiger partial charge in [-0.15, -0.1) is 0 Å². The molecule has 2 aliphatic carbocycles. The lowest BCUT2D eigenvalue weighted by atomic mass is 9.68. The molecule has 8 heteroatoms. The van der Waals surface area contributed by atoms with Gasteiger partial charge in [0, 0.05) is 30.6 Å². The van der Waals surface area contributed by atoms with E-state index in [1.165, 1.54) is 64.9 Å². The number of carbonyl (C=O) groups is 1. The molecular weight excluding hydrogens is 480 g/mol. The summed E-state index contributed by atoms with van der Waals surface area (Å²) in [5.74, 6) is 0.871. The summed E-state index contributed by atoms with van der Waals surface area (Å²) in [5, 5.41) is 13.3. The van der Waals surface area contributed by atoms with Gasteiger partial charge in [0.2, 0.25) is 0 Å². The lowest BCUT2D eigenvalue weighted by Gasteiger charge is -2.55. The fourth-order valence-electron chi connectivity index (χ4n) is 8.38. The van der Waals surface area contributed by atoms with E-state index >= 15 is 0 Å². The number of benzene rings is 1. The van der Waals surface area contributed by atoms with E-state index in [0.29, 0.717) is 23.8 Å². The first kappa shape index (κ1) is 25.5. The largest absolute Gasteiger partial charge is 0.481 e. The molecule has 2 aliphatic heterocycles. The quantitative estimate of drug-likeness (QED) is 0.401. The minimum Gasteiger partial charge on any atom is -0.481 e. The molecule has 8 nitrogen and oxygen atoms in total. The summed E-state index contributed by atoms with van der Waals surface area (Å²) in [4.78, 5) is 38.0. The van der Waals surface area contributed by atoms with Gasteiger partial charge in [-0.3, -0.25) is 14.5 Å². The van der Waals surface area contributed by atoms with E-state index in [0.717, 1.165) is 35.7 Å². The van der Waals surface area contributed by atoms with E-state index in [1.54, 1.807) is 0 Å². The van der Waals surface area contributed by atoms with Gasteiger partial charge in [0.25, 0.3) is 5.56 Å². The third-order valence-corrected chi connectivity index (χ3v) is 9.74. The van der Waals surface area contributed by atoms with Crippen molar-refractivity contribution in [2.75, 3.05) is 7.11 Å². The summed E-state index contributed by atoms with van der Waals surface area (Å²) < 4.78 is 1.96. The van der Waals surface area contributed by atoms with Gasteiger partial charge in [0.05, 0.1) is 17.5 Å². The van der Waals surface area contributed by atoms with E-state index in [1.807, 2.05) is 28.8 Å². The van der Waals surface area contributed by atoms with E-state index in [2.05, 4.69) is 15.0 Å². The summed E-state index contributed by atoms with van der Waals surface area (Å²) >= 11 is 0. The Morgan fingerprint density at radius 2 is 1.63 bits per heavy atom. The van der Waals surface area contributed by atoms with Gasteiger partial charge >= 0.3 is 5.97 Å². The first-order chi connectivity index (χ1) is 18.5. The van der Waals surface area contributed by atoms with Gasteiger partial charge in [0.15, 0.2) is 5.69 Å². The van der Waals surface area contributed by atoms with Crippen LogP contribution in [0.1, 0.15) is 95.2 Å². The molecule has 5 atom stereocenters. The third kappa shape index (κ3) is 4.88. The number of piperidine rings is 2. The van der Waals surface area contributed by atoms with Crippen LogP contribution in [-0.2, 0) is 9.63 Å². The third-order valence-electron chi connectivity index (χ3n) is 9.74.